The standard InChI is InChI=1S/C15H15N3OS/c1-10-13(18-6-7-20-15(18)17-10)8-16-12-9-19-14-5-3-2-4-11(12)14/h2-7,12,16H,8-9H2,1H3. The second-order valence-electron chi connectivity index (χ2n) is 4.98. The number of rotatable bonds is 3. The number of thiazole rings is 1. The first-order chi connectivity index (χ1) is 9.83. The molecular weight excluding hydrogens is 270 g/mol. The molecule has 0 saturated heterocycles. The normalized spacial score (nSPS) is 17.4. The molecule has 0 saturated carbocycles. The molecule has 20 heavy (non-hydrogen) atoms. The lowest BCUT2D eigenvalue weighted by molar-refractivity contribution is 0.310. The summed E-state index contributed by atoms with van der Waals surface area (Å²) in [4.78, 5) is 5.63. The van der Waals surface area contributed by atoms with Crippen molar-refractivity contribution in [2.45, 2.75) is 19.5 Å². The number of aryl methyl sites for hydroxylation is 1. The quantitative estimate of drug-likeness (QED) is 0.804. The van der Waals surface area contributed by atoms with Gasteiger partial charge in [0.15, 0.2) is 4.96 Å². The van der Waals surface area contributed by atoms with Gasteiger partial charge in [0.1, 0.15) is 12.4 Å². The molecule has 0 radical (unpaired) electrons. The Morgan fingerprint density at radius 3 is 3.30 bits per heavy atom. The van der Waals surface area contributed by atoms with Crippen LogP contribution < -0.4 is 10.1 Å². The Balaban J connectivity index is 1.57. The molecule has 5 heteroatoms. The number of benzene rings is 1. The van der Waals surface area contributed by atoms with E-state index in [1.165, 1.54) is 11.3 Å². The van der Waals surface area contributed by atoms with Gasteiger partial charge in [0, 0.05) is 23.7 Å². The smallest absolute Gasteiger partial charge is 0.194 e. The topological polar surface area (TPSA) is 38.6 Å². The molecule has 0 fully saturated rings. The Kier molecular flexibility index (Phi) is 2.75. The van der Waals surface area contributed by atoms with Crippen molar-refractivity contribution in [1.29, 1.82) is 0 Å². The fourth-order valence-corrected chi connectivity index (χ4v) is 3.48. The van der Waals surface area contributed by atoms with E-state index in [4.69, 9.17) is 4.74 Å². The van der Waals surface area contributed by atoms with E-state index >= 15 is 0 Å². The zero-order chi connectivity index (χ0) is 13.5. The van der Waals surface area contributed by atoms with Crippen LogP contribution in [0.2, 0.25) is 0 Å². The summed E-state index contributed by atoms with van der Waals surface area (Å²) in [6, 6.07) is 8.48. The van der Waals surface area contributed by atoms with Crippen LogP contribution in [-0.2, 0) is 6.54 Å². The van der Waals surface area contributed by atoms with Gasteiger partial charge in [0.05, 0.1) is 17.4 Å². The molecule has 0 amide bonds. The van der Waals surface area contributed by atoms with Crippen LogP contribution in [0.5, 0.6) is 5.75 Å². The lowest BCUT2D eigenvalue weighted by Crippen LogP contribution is -2.23. The lowest BCUT2D eigenvalue weighted by atomic mass is 10.1. The Morgan fingerprint density at radius 2 is 2.35 bits per heavy atom. The minimum atomic E-state index is 0.259. The Hall–Kier alpha value is -1.85. The van der Waals surface area contributed by atoms with Crippen LogP contribution >= 0.6 is 11.3 Å². The van der Waals surface area contributed by atoms with E-state index in [1.807, 2.05) is 12.1 Å². The van der Waals surface area contributed by atoms with Crippen molar-refractivity contribution < 1.29 is 4.74 Å². The van der Waals surface area contributed by atoms with E-state index in [0.29, 0.717) is 6.61 Å². The average Bonchev–Trinajstić information content (AvgIpc) is 3.12. The van der Waals surface area contributed by atoms with E-state index in [-0.39, 0.29) is 6.04 Å². The number of hydrogen-bond donors (Lipinski definition) is 1. The molecule has 1 N–H and O–H groups in total. The Bertz CT molecular complexity index is 761. The van der Waals surface area contributed by atoms with E-state index < -0.39 is 0 Å². The van der Waals surface area contributed by atoms with Crippen LogP contribution in [0.1, 0.15) is 23.0 Å². The summed E-state index contributed by atoms with van der Waals surface area (Å²) in [5.41, 5.74) is 3.57. The van der Waals surface area contributed by atoms with Gasteiger partial charge in [-0.25, -0.2) is 4.98 Å². The number of fused-ring (bicyclic) bond motifs is 2. The third kappa shape index (κ3) is 1.82. The van der Waals surface area contributed by atoms with Gasteiger partial charge >= 0.3 is 0 Å². The highest BCUT2D eigenvalue weighted by Crippen LogP contribution is 2.32. The third-order valence-electron chi connectivity index (χ3n) is 3.78. The fraction of sp³-hybridized carbons (Fsp3) is 0.267. The van der Waals surface area contributed by atoms with E-state index in [2.05, 4.69) is 45.3 Å². The van der Waals surface area contributed by atoms with Crippen molar-refractivity contribution in [2.75, 3.05) is 6.61 Å². The highest BCUT2D eigenvalue weighted by Gasteiger charge is 2.23. The van der Waals surface area contributed by atoms with Gasteiger partial charge in [-0.2, -0.15) is 0 Å². The Morgan fingerprint density at radius 1 is 1.45 bits per heavy atom. The molecule has 1 aliphatic rings. The molecule has 1 aliphatic heterocycles. The zero-order valence-electron chi connectivity index (χ0n) is 11.2. The molecule has 4 rings (SSSR count). The van der Waals surface area contributed by atoms with Crippen LogP contribution in [0.3, 0.4) is 0 Å². The second kappa shape index (κ2) is 4.61. The predicted molar refractivity (Wildman–Crippen MR) is 79.3 cm³/mol. The summed E-state index contributed by atoms with van der Waals surface area (Å²) >= 11 is 1.67. The number of ether oxygens (including phenoxy) is 1. The van der Waals surface area contributed by atoms with Gasteiger partial charge in [-0.1, -0.05) is 18.2 Å². The third-order valence-corrected chi connectivity index (χ3v) is 4.53. The Labute approximate surface area is 121 Å². The number of para-hydroxylation sites is 1. The number of imidazole rings is 1. The largest absolute Gasteiger partial charge is 0.491 e. The summed E-state index contributed by atoms with van der Waals surface area (Å²) in [5, 5.41) is 5.65. The number of nitrogens with one attached hydrogen (secondary N) is 1. The second-order valence-corrected chi connectivity index (χ2v) is 5.85. The maximum absolute atomic E-state index is 5.70. The van der Waals surface area contributed by atoms with Gasteiger partial charge in [-0.05, 0) is 13.0 Å². The van der Waals surface area contributed by atoms with Crippen LogP contribution in [0, 0.1) is 6.92 Å². The fourth-order valence-electron chi connectivity index (χ4n) is 2.71. The van der Waals surface area contributed by atoms with Crippen molar-refractivity contribution >= 4 is 16.3 Å². The zero-order valence-corrected chi connectivity index (χ0v) is 12.0. The van der Waals surface area contributed by atoms with Crippen molar-refractivity contribution in [3.8, 4) is 5.75 Å². The number of hydrogen-bond acceptors (Lipinski definition) is 4. The molecule has 3 heterocycles. The molecule has 0 spiro atoms. The molecule has 1 aromatic carbocycles. The number of nitrogens with zero attached hydrogens (tertiary/aromatic N) is 2. The van der Waals surface area contributed by atoms with Gasteiger partial charge in [0.25, 0.3) is 0 Å². The summed E-state index contributed by atoms with van der Waals surface area (Å²) in [6.45, 7) is 3.56. The summed E-state index contributed by atoms with van der Waals surface area (Å²) in [6.07, 6.45) is 2.08. The van der Waals surface area contributed by atoms with Crippen LogP contribution in [0.25, 0.3) is 4.96 Å². The maximum atomic E-state index is 5.70. The predicted octanol–water partition coefficient (Wildman–Crippen LogP) is 2.93. The molecule has 3 aromatic rings. The molecule has 4 nitrogen and oxygen atoms in total. The SMILES string of the molecule is Cc1nc2sccn2c1CNC1COc2ccccc21. The van der Waals surface area contributed by atoms with Crippen molar-refractivity contribution in [3.63, 3.8) is 0 Å². The van der Waals surface area contributed by atoms with Crippen molar-refractivity contribution in [2.24, 2.45) is 0 Å². The lowest BCUT2D eigenvalue weighted by Gasteiger charge is -2.11. The monoisotopic (exact) mass is 285 g/mol. The van der Waals surface area contributed by atoms with Crippen LogP contribution in [0.15, 0.2) is 35.8 Å². The van der Waals surface area contributed by atoms with Crippen LogP contribution in [0.4, 0.5) is 0 Å². The maximum Gasteiger partial charge on any atom is 0.194 e. The van der Waals surface area contributed by atoms with E-state index in [0.717, 1.165) is 22.9 Å². The molecule has 0 bridgehead atoms. The first-order valence-electron chi connectivity index (χ1n) is 6.69. The summed E-state index contributed by atoms with van der Waals surface area (Å²) < 4.78 is 7.86. The minimum absolute atomic E-state index is 0.259. The first-order valence-corrected chi connectivity index (χ1v) is 7.57. The number of aromatic nitrogens is 2. The van der Waals surface area contributed by atoms with Crippen molar-refractivity contribution in [3.05, 3.63) is 52.8 Å². The van der Waals surface area contributed by atoms with Gasteiger partial charge in [-0.3, -0.25) is 4.40 Å². The summed E-state index contributed by atoms with van der Waals surface area (Å²) in [7, 11) is 0. The molecule has 1 unspecified atom stereocenters. The van der Waals surface area contributed by atoms with Crippen molar-refractivity contribution in [1.82, 2.24) is 14.7 Å². The molecule has 102 valence electrons. The summed E-state index contributed by atoms with van der Waals surface area (Å²) in [5.74, 6) is 0.996. The van der Waals surface area contributed by atoms with Gasteiger partial charge in [-0.15, -0.1) is 11.3 Å². The highest BCUT2D eigenvalue weighted by atomic mass is 32.1. The molecular formula is C15H15N3OS. The van der Waals surface area contributed by atoms with E-state index in [1.54, 1.807) is 11.3 Å². The molecule has 2 aromatic heterocycles. The van der Waals surface area contributed by atoms with Crippen LogP contribution in [-0.4, -0.2) is 16.0 Å². The molecule has 0 aliphatic carbocycles. The minimum Gasteiger partial charge on any atom is -0.491 e. The highest BCUT2D eigenvalue weighted by molar-refractivity contribution is 7.15. The molecule has 1 atom stereocenters. The average molecular weight is 285 g/mol. The van der Waals surface area contributed by atoms with Gasteiger partial charge < -0.3 is 10.1 Å². The van der Waals surface area contributed by atoms with Gasteiger partial charge in [0.2, 0.25) is 0 Å². The first kappa shape index (κ1) is 11.9. The van der Waals surface area contributed by atoms with E-state index in [9.17, 15) is 0 Å².